The van der Waals surface area contributed by atoms with Gasteiger partial charge in [-0.05, 0) is 48.3 Å². The summed E-state index contributed by atoms with van der Waals surface area (Å²) in [5, 5.41) is 3.63. The maximum absolute atomic E-state index is 13.1. The Balaban J connectivity index is 1.95. The first-order valence-electron chi connectivity index (χ1n) is 7.40. The Morgan fingerprint density at radius 2 is 2.21 bits per heavy atom. The van der Waals surface area contributed by atoms with E-state index in [1.807, 2.05) is 6.07 Å². The van der Waals surface area contributed by atoms with Crippen LogP contribution in [-0.4, -0.2) is 11.0 Å². The molecule has 1 saturated carbocycles. The quantitative estimate of drug-likeness (QED) is 0.837. The highest BCUT2D eigenvalue weighted by Gasteiger charge is 2.30. The monoisotopic (exact) mass is 264 g/mol. The van der Waals surface area contributed by atoms with Gasteiger partial charge in [0.25, 0.3) is 0 Å². The number of hydrogen-bond acceptors (Lipinski definition) is 2. The minimum absolute atomic E-state index is 0.392. The maximum atomic E-state index is 13.1. The van der Waals surface area contributed by atoms with Gasteiger partial charge in [0.05, 0.1) is 0 Å². The SMILES string of the molecule is CC1CCC(C(C)C)C(NCc2ccnc(F)c2)C1. The molecule has 0 bridgehead atoms. The molecule has 0 radical (unpaired) electrons. The number of hydrogen-bond donors (Lipinski definition) is 1. The summed E-state index contributed by atoms with van der Waals surface area (Å²) >= 11 is 0. The van der Waals surface area contributed by atoms with Gasteiger partial charge in [0, 0.05) is 18.8 Å². The van der Waals surface area contributed by atoms with Crippen LogP contribution < -0.4 is 5.32 Å². The van der Waals surface area contributed by atoms with Crippen molar-refractivity contribution >= 4 is 0 Å². The summed E-state index contributed by atoms with van der Waals surface area (Å²) in [6, 6.07) is 3.95. The summed E-state index contributed by atoms with van der Waals surface area (Å²) in [6.45, 7) is 7.68. The third-order valence-corrected chi connectivity index (χ3v) is 4.38. The van der Waals surface area contributed by atoms with E-state index in [0.29, 0.717) is 12.0 Å². The summed E-state index contributed by atoms with van der Waals surface area (Å²) in [4.78, 5) is 3.60. The van der Waals surface area contributed by atoms with Crippen molar-refractivity contribution in [3.63, 3.8) is 0 Å². The van der Waals surface area contributed by atoms with Gasteiger partial charge in [-0.3, -0.25) is 0 Å². The van der Waals surface area contributed by atoms with Crippen molar-refractivity contribution in [3.05, 3.63) is 29.8 Å². The Bertz CT molecular complexity index is 405. The first-order valence-corrected chi connectivity index (χ1v) is 7.40. The molecule has 0 saturated heterocycles. The van der Waals surface area contributed by atoms with E-state index >= 15 is 0 Å². The highest BCUT2D eigenvalue weighted by molar-refractivity contribution is 5.10. The first-order chi connectivity index (χ1) is 9.06. The minimum atomic E-state index is -0.392. The van der Waals surface area contributed by atoms with E-state index in [4.69, 9.17) is 0 Å². The summed E-state index contributed by atoms with van der Waals surface area (Å²) in [5.74, 6) is 1.85. The number of halogens is 1. The molecule has 19 heavy (non-hydrogen) atoms. The Labute approximate surface area is 115 Å². The van der Waals surface area contributed by atoms with Crippen molar-refractivity contribution in [1.82, 2.24) is 10.3 Å². The first kappa shape index (κ1) is 14.4. The third-order valence-electron chi connectivity index (χ3n) is 4.38. The van der Waals surface area contributed by atoms with Gasteiger partial charge in [-0.15, -0.1) is 0 Å². The summed E-state index contributed by atoms with van der Waals surface area (Å²) in [5.41, 5.74) is 0.980. The van der Waals surface area contributed by atoms with Crippen molar-refractivity contribution in [2.75, 3.05) is 0 Å². The van der Waals surface area contributed by atoms with E-state index in [2.05, 4.69) is 31.1 Å². The van der Waals surface area contributed by atoms with Crippen molar-refractivity contribution in [1.29, 1.82) is 0 Å². The predicted molar refractivity (Wildman–Crippen MR) is 76.2 cm³/mol. The Morgan fingerprint density at radius 3 is 2.89 bits per heavy atom. The molecule has 106 valence electrons. The van der Waals surface area contributed by atoms with Crippen LogP contribution in [-0.2, 0) is 6.54 Å². The van der Waals surface area contributed by atoms with E-state index in [1.54, 1.807) is 0 Å². The molecule has 1 aromatic rings. The molecule has 1 fully saturated rings. The Hall–Kier alpha value is -0.960. The van der Waals surface area contributed by atoms with Gasteiger partial charge in [0.1, 0.15) is 0 Å². The lowest BCUT2D eigenvalue weighted by atomic mass is 9.74. The molecule has 0 aromatic carbocycles. The molecule has 2 nitrogen and oxygen atoms in total. The van der Waals surface area contributed by atoms with Crippen LogP contribution in [0.25, 0.3) is 0 Å². The van der Waals surface area contributed by atoms with Crippen LogP contribution in [0.15, 0.2) is 18.3 Å². The normalized spacial score (nSPS) is 27.7. The van der Waals surface area contributed by atoms with Crippen LogP contribution in [0.5, 0.6) is 0 Å². The molecule has 1 N–H and O–H groups in total. The maximum Gasteiger partial charge on any atom is 0.213 e. The molecule has 1 aliphatic carbocycles. The molecular weight excluding hydrogens is 239 g/mol. The second-order valence-corrected chi connectivity index (χ2v) is 6.30. The van der Waals surface area contributed by atoms with E-state index in [1.165, 1.54) is 31.5 Å². The molecule has 1 aliphatic rings. The number of aromatic nitrogens is 1. The van der Waals surface area contributed by atoms with Crippen LogP contribution in [0, 0.1) is 23.7 Å². The highest BCUT2D eigenvalue weighted by Crippen LogP contribution is 2.33. The highest BCUT2D eigenvalue weighted by atomic mass is 19.1. The fourth-order valence-corrected chi connectivity index (χ4v) is 3.24. The largest absolute Gasteiger partial charge is 0.310 e. The zero-order chi connectivity index (χ0) is 13.8. The summed E-state index contributed by atoms with van der Waals surface area (Å²) < 4.78 is 13.1. The van der Waals surface area contributed by atoms with E-state index in [9.17, 15) is 4.39 Å². The van der Waals surface area contributed by atoms with E-state index in [0.717, 1.165) is 23.9 Å². The molecule has 0 aliphatic heterocycles. The second-order valence-electron chi connectivity index (χ2n) is 6.30. The summed E-state index contributed by atoms with van der Waals surface area (Å²) in [7, 11) is 0. The summed E-state index contributed by atoms with van der Waals surface area (Å²) in [6.07, 6.45) is 5.41. The molecular formula is C16H25FN2. The molecule has 3 atom stereocenters. The molecule has 1 heterocycles. The fourth-order valence-electron chi connectivity index (χ4n) is 3.24. The molecule has 0 spiro atoms. The lowest BCUT2D eigenvalue weighted by Crippen LogP contribution is -2.42. The van der Waals surface area contributed by atoms with Crippen LogP contribution >= 0.6 is 0 Å². The topological polar surface area (TPSA) is 24.9 Å². The average molecular weight is 264 g/mol. The van der Waals surface area contributed by atoms with Gasteiger partial charge in [-0.25, -0.2) is 4.98 Å². The number of nitrogens with one attached hydrogen (secondary N) is 1. The van der Waals surface area contributed by atoms with Crippen LogP contribution in [0.1, 0.15) is 45.6 Å². The molecule has 3 heteroatoms. The molecule has 2 rings (SSSR count). The Morgan fingerprint density at radius 1 is 1.42 bits per heavy atom. The van der Waals surface area contributed by atoms with Crippen LogP contribution in [0.3, 0.4) is 0 Å². The van der Waals surface area contributed by atoms with Crippen molar-refractivity contribution in [3.8, 4) is 0 Å². The molecule has 0 amide bonds. The standard InChI is InChI=1S/C16H25FN2/c1-11(2)14-5-4-12(3)8-15(14)19-10-13-6-7-18-16(17)9-13/h6-7,9,11-12,14-15,19H,4-5,8,10H2,1-3H3. The van der Waals surface area contributed by atoms with Gasteiger partial charge in [0.15, 0.2) is 0 Å². The lowest BCUT2D eigenvalue weighted by molar-refractivity contribution is 0.169. The number of nitrogens with zero attached hydrogens (tertiary/aromatic N) is 1. The van der Waals surface area contributed by atoms with E-state index in [-0.39, 0.29) is 0 Å². The van der Waals surface area contributed by atoms with Gasteiger partial charge >= 0.3 is 0 Å². The Kier molecular flexibility index (Phi) is 4.92. The zero-order valence-corrected chi connectivity index (χ0v) is 12.2. The van der Waals surface area contributed by atoms with Gasteiger partial charge in [0.2, 0.25) is 5.95 Å². The van der Waals surface area contributed by atoms with Crippen LogP contribution in [0.2, 0.25) is 0 Å². The van der Waals surface area contributed by atoms with Crippen molar-refractivity contribution in [2.24, 2.45) is 17.8 Å². The average Bonchev–Trinajstić information content (AvgIpc) is 2.36. The second kappa shape index (κ2) is 6.47. The zero-order valence-electron chi connectivity index (χ0n) is 12.2. The third kappa shape index (κ3) is 4.00. The van der Waals surface area contributed by atoms with Crippen molar-refractivity contribution < 1.29 is 4.39 Å². The van der Waals surface area contributed by atoms with Crippen molar-refractivity contribution in [2.45, 2.75) is 52.6 Å². The number of rotatable bonds is 4. The van der Waals surface area contributed by atoms with E-state index < -0.39 is 5.95 Å². The smallest absolute Gasteiger partial charge is 0.213 e. The van der Waals surface area contributed by atoms with Gasteiger partial charge in [-0.2, -0.15) is 4.39 Å². The number of pyridine rings is 1. The molecule has 1 aromatic heterocycles. The van der Waals surface area contributed by atoms with Gasteiger partial charge < -0.3 is 5.32 Å². The predicted octanol–water partition coefficient (Wildman–Crippen LogP) is 3.77. The lowest BCUT2D eigenvalue weighted by Gasteiger charge is -2.38. The molecule has 3 unspecified atom stereocenters. The minimum Gasteiger partial charge on any atom is -0.310 e. The van der Waals surface area contributed by atoms with Gasteiger partial charge in [-0.1, -0.05) is 27.2 Å². The van der Waals surface area contributed by atoms with Crippen LogP contribution in [0.4, 0.5) is 4.39 Å². The fraction of sp³-hybridized carbons (Fsp3) is 0.688.